The molecule has 4 aromatic carbocycles. The first-order chi connectivity index (χ1) is 20.1. The molecule has 0 spiro atoms. The summed E-state index contributed by atoms with van der Waals surface area (Å²) in [6.07, 6.45) is 0. The molecule has 0 unspecified atom stereocenters. The van der Waals surface area contributed by atoms with Crippen LogP contribution in [0.25, 0.3) is 22.3 Å². The van der Waals surface area contributed by atoms with E-state index < -0.39 is 5.41 Å². The lowest BCUT2D eigenvalue weighted by Gasteiger charge is -2.18. The number of anilines is 2. The number of benzene rings is 4. The predicted octanol–water partition coefficient (Wildman–Crippen LogP) is 8.16. The van der Waals surface area contributed by atoms with Crippen LogP contribution in [0.3, 0.4) is 0 Å². The van der Waals surface area contributed by atoms with Gasteiger partial charge in [-0.25, -0.2) is 0 Å². The third-order valence-electron chi connectivity index (χ3n) is 7.00. The van der Waals surface area contributed by atoms with Crippen LogP contribution in [0.4, 0.5) is 11.4 Å². The molecule has 6 rings (SSSR count). The van der Waals surface area contributed by atoms with Crippen LogP contribution in [-0.2, 0) is 9.59 Å². The second-order valence-electron chi connectivity index (χ2n) is 12.5. The van der Waals surface area contributed by atoms with Crippen LogP contribution < -0.4 is 11.1 Å². The molecule has 0 atom stereocenters. The van der Waals surface area contributed by atoms with E-state index in [1.54, 1.807) is 32.9 Å². The van der Waals surface area contributed by atoms with Gasteiger partial charge in [-0.3, -0.25) is 19.2 Å². The van der Waals surface area contributed by atoms with Gasteiger partial charge in [0.25, 0.3) is 0 Å². The van der Waals surface area contributed by atoms with Crippen molar-refractivity contribution >= 4 is 45.7 Å². The monoisotopic (exact) mass is 594 g/mol. The Morgan fingerprint density at radius 1 is 0.581 bits per heavy atom. The Bertz CT molecular complexity index is 1760. The van der Waals surface area contributed by atoms with Crippen LogP contribution in [-0.4, -0.2) is 22.7 Å². The van der Waals surface area contributed by atoms with Crippen molar-refractivity contribution < 1.29 is 19.2 Å². The van der Waals surface area contributed by atoms with E-state index in [1.165, 1.54) is 0 Å². The zero-order valence-electron chi connectivity index (χ0n) is 25.2. The average molecular weight is 595 g/mol. The first-order valence-corrected chi connectivity index (χ1v) is 14.3. The number of hydrogen-bond acceptors (Lipinski definition) is 5. The number of hydrogen-bond donors (Lipinski definition) is 2. The Hall–Kier alpha value is -4.55. The lowest BCUT2D eigenvalue weighted by molar-refractivity contribution is -0.123. The molecule has 0 fully saturated rings. The molecular formula is C36H35ClN2O4. The number of carbonyl (C=O) groups is 4. The molecule has 3 N–H and O–H groups in total. The van der Waals surface area contributed by atoms with E-state index in [1.807, 2.05) is 93.6 Å². The third kappa shape index (κ3) is 6.76. The fourth-order valence-corrected chi connectivity index (χ4v) is 4.47. The van der Waals surface area contributed by atoms with Gasteiger partial charge < -0.3 is 11.1 Å². The van der Waals surface area contributed by atoms with E-state index in [9.17, 15) is 19.2 Å². The topological polar surface area (TPSA) is 106 Å². The summed E-state index contributed by atoms with van der Waals surface area (Å²) in [4.78, 5) is 46.7. The summed E-state index contributed by atoms with van der Waals surface area (Å²) in [6.45, 7) is 10.9. The van der Waals surface area contributed by atoms with E-state index >= 15 is 0 Å². The summed E-state index contributed by atoms with van der Waals surface area (Å²) >= 11 is 5.11. The van der Waals surface area contributed by atoms with E-state index in [-0.39, 0.29) is 28.1 Å². The van der Waals surface area contributed by atoms with Crippen molar-refractivity contribution in [2.75, 3.05) is 11.1 Å². The molecule has 2 aliphatic carbocycles. The van der Waals surface area contributed by atoms with E-state index in [4.69, 9.17) is 17.3 Å². The summed E-state index contributed by atoms with van der Waals surface area (Å²) in [5, 5.41) is 2.58. The van der Waals surface area contributed by atoms with E-state index in [2.05, 4.69) is 5.32 Å². The van der Waals surface area contributed by atoms with Crippen LogP contribution >= 0.6 is 11.6 Å². The van der Waals surface area contributed by atoms with E-state index in [0.29, 0.717) is 16.9 Å². The molecular weight excluding hydrogens is 560 g/mol. The highest BCUT2D eigenvalue weighted by atomic mass is 35.5. The van der Waals surface area contributed by atoms with Crippen molar-refractivity contribution in [3.63, 3.8) is 0 Å². The molecule has 0 bridgehead atoms. The molecule has 0 heterocycles. The van der Waals surface area contributed by atoms with Crippen molar-refractivity contribution in [3.05, 3.63) is 107 Å². The van der Waals surface area contributed by atoms with Gasteiger partial charge in [0.05, 0.1) is 0 Å². The number of carbonyl (C=O) groups excluding carboxylic acids is 4. The molecule has 0 aliphatic heterocycles. The van der Waals surface area contributed by atoms with Crippen LogP contribution in [0, 0.1) is 10.8 Å². The summed E-state index contributed by atoms with van der Waals surface area (Å²) in [5.74, 6) is 0.0331. The first kappa shape index (κ1) is 31.4. The summed E-state index contributed by atoms with van der Waals surface area (Å²) < 4.78 is 0. The number of rotatable bonds is 1. The molecule has 4 aromatic rings. The van der Waals surface area contributed by atoms with Gasteiger partial charge in [-0.15, -0.1) is 0 Å². The fraction of sp³-hybridized carbons (Fsp3) is 0.222. The fourth-order valence-electron chi connectivity index (χ4n) is 4.47. The van der Waals surface area contributed by atoms with Crippen LogP contribution in [0.2, 0.25) is 0 Å². The smallest absolute Gasteiger partial charge is 0.229 e. The Kier molecular flexibility index (Phi) is 8.74. The Morgan fingerprint density at radius 3 is 1.42 bits per heavy atom. The minimum Gasteiger partial charge on any atom is -0.399 e. The van der Waals surface area contributed by atoms with Crippen LogP contribution in [0.5, 0.6) is 0 Å². The average Bonchev–Trinajstić information content (AvgIpc) is 3.39. The number of halogens is 1. The number of ketones is 2. The standard InChI is InChI=1S/C18H17NO2.C13H9NO.C5H9ClO/c1-18(2,3)17(21)19-11-8-9-13-12-6-4-5-7-14(12)16(20)15(13)10-11;14-8-5-6-10-9-3-1-2-4-11(9)13(15)12(10)7-8;1-5(2,3)4(6)7/h4-10H,1-3H3,(H,19,21);1-7H,14H2;1-3H3. The van der Waals surface area contributed by atoms with Gasteiger partial charge >= 0.3 is 0 Å². The lowest BCUT2D eigenvalue weighted by atomic mass is 9.95. The van der Waals surface area contributed by atoms with Crippen molar-refractivity contribution in [1.82, 2.24) is 0 Å². The summed E-state index contributed by atoms with van der Waals surface area (Å²) in [5.41, 5.74) is 12.9. The molecule has 0 saturated heterocycles. The minimum absolute atomic E-state index is 0.0208. The molecule has 0 aromatic heterocycles. The van der Waals surface area contributed by atoms with Crippen molar-refractivity contribution in [2.45, 2.75) is 41.5 Å². The number of nitrogens with two attached hydrogens (primary N) is 1. The van der Waals surface area contributed by atoms with Gasteiger partial charge in [-0.2, -0.15) is 0 Å². The normalized spacial score (nSPS) is 12.4. The molecule has 43 heavy (non-hydrogen) atoms. The first-order valence-electron chi connectivity index (χ1n) is 13.9. The maximum absolute atomic E-state index is 12.4. The Morgan fingerprint density at radius 2 is 0.977 bits per heavy atom. The Balaban J connectivity index is 0.000000167. The molecule has 0 saturated carbocycles. The summed E-state index contributed by atoms with van der Waals surface area (Å²) in [6, 6.07) is 26.2. The number of fused-ring (bicyclic) bond motifs is 6. The molecule has 6 nitrogen and oxygen atoms in total. The quantitative estimate of drug-likeness (QED) is 0.147. The van der Waals surface area contributed by atoms with Crippen molar-refractivity contribution in [3.8, 4) is 22.3 Å². The van der Waals surface area contributed by atoms with Gasteiger partial charge in [0, 0.05) is 44.5 Å². The second kappa shape index (κ2) is 12.0. The molecule has 2 aliphatic rings. The SMILES string of the molecule is CC(C)(C)C(=O)Cl.CC(C)(C)C(=O)Nc1ccc2c(c1)C(=O)c1ccccc1-2.Nc1ccc2c(c1)C(=O)c1ccccc1-2. The van der Waals surface area contributed by atoms with E-state index in [0.717, 1.165) is 38.9 Å². The van der Waals surface area contributed by atoms with Crippen molar-refractivity contribution in [2.24, 2.45) is 10.8 Å². The molecule has 220 valence electrons. The van der Waals surface area contributed by atoms with Gasteiger partial charge in [0.1, 0.15) is 0 Å². The second-order valence-corrected chi connectivity index (χ2v) is 12.9. The number of nitrogens with one attached hydrogen (secondary N) is 1. The molecule has 0 radical (unpaired) electrons. The minimum atomic E-state index is -0.466. The van der Waals surface area contributed by atoms with Gasteiger partial charge in [0.2, 0.25) is 11.1 Å². The molecule has 1 amide bonds. The summed E-state index contributed by atoms with van der Waals surface area (Å²) in [7, 11) is 0. The third-order valence-corrected chi connectivity index (χ3v) is 7.57. The zero-order valence-corrected chi connectivity index (χ0v) is 25.9. The van der Waals surface area contributed by atoms with Gasteiger partial charge in [0.15, 0.2) is 11.6 Å². The molecule has 7 heteroatoms. The number of nitrogen functional groups attached to an aromatic ring is 1. The van der Waals surface area contributed by atoms with Crippen molar-refractivity contribution in [1.29, 1.82) is 0 Å². The highest BCUT2D eigenvalue weighted by Crippen LogP contribution is 2.38. The number of amides is 1. The van der Waals surface area contributed by atoms with Crippen LogP contribution in [0.15, 0.2) is 84.9 Å². The van der Waals surface area contributed by atoms with Crippen LogP contribution in [0.1, 0.15) is 73.4 Å². The lowest BCUT2D eigenvalue weighted by Crippen LogP contribution is -2.27. The highest BCUT2D eigenvalue weighted by Gasteiger charge is 2.28. The zero-order chi connectivity index (χ0) is 31.7. The highest BCUT2D eigenvalue weighted by molar-refractivity contribution is 6.64. The van der Waals surface area contributed by atoms with Gasteiger partial charge in [-0.05, 0) is 58.1 Å². The maximum atomic E-state index is 12.4. The Labute approximate surface area is 257 Å². The van der Waals surface area contributed by atoms with Gasteiger partial charge in [-0.1, -0.05) is 102 Å². The largest absolute Gasteiger partial charge is 0.399 e. The maximum Gasteiger partial charge on any atom is 0.229 e. The predicted molar refractivity (Wildman–Crippen MR) is 173 cm³/mol.